The maximum Gasteiger partial charge on any atom is 0.421 e. The summed E-state index contributed by atoms with van der Waals surface area (Å²) in [5, 5.41) is 17.3. The van der Waals surface area contributed by atoms with E-state index in [-0.39, 0.29) is 36.6 Å². The van der Waals surface area contributed by atoms with Gasteiger partial charge in [-0.15, -0.1) is 0 Å². The molecule has 10 heteroatoms. The van der Waals surface area contributed by atoms with Gasteiger partial charge in [0.25, 0.3) is 5.56 Å². The first kappa shape index (κ1) is 21.5. The van der Waals surface area contributed by atoms with Gasteiger partial charge in [-0.25, -0.2) is 0 Å². The molecule has 3 aromatic rings. The number of benzene rings is 1. The Morgan fingerprint density at radius 1 is 1.30 bits per heavy atom. The average molecular weight is 457 g/mol. The van der Waals surface area contributed by atoms with Crippen molar-refractivity contribution < 1.29 is 17.9 Å². The van der Waals surface area contributed by atoms with Gasteiger partial charge < -0.3 is 15.0 Å². The molecule has 0 spiro atoms. The molecule has 172 valence electrons. The number of pyridine rings is 1. The smallest absolute Gasteiger partial charge is 0.361 e. The molecule has 0 bridgehead atoms. The lowest BCUT2D eigenvalue weighted by molar-refractivity contribution is -0.269. The van der Waals surface area contributed by atoms with Crippen molar-refractivity contribution in [2.45, 2.75) is 49.9 Å². The maximum atomic E-state index is 13.8. The van der Waals surface area contributed by atoms with E-state index in [0.29, 0.717) is 34.7 Å². The molecule has 33 heavy (non-hydrogen) atoms. The highest BCUT2D eigenvalue weighted by molar-refractivity contribution is 5.91. The predicted molar refractivity (Wildman–Crippen MR) is 115 cm³/mol. The van der Waals surface area contributed by atoms with Gasteiger partial charge in [0.05, 0.1) is 24.0 Å². The fourth-order valence-corrected chi connectivity index (χ4v) is 4.68. The van der Waals surface area contributed by atoms with Crippen molar-refractivity contribution in [1.82, 2.24) is 14.8 Å². The van der Waals surface area contributed by atoms with Crippen LogP contribution in [-0.2, 0) is 10.3 Å². The standard InChI is InChI=1S/C23H22F3N5O2/c24-23(25,26)22(10-1-13-33-22)15-4-6-16(7-5-15)29-20-19-18(9-12-28-21(19)32)31(30-20)17(8-11-27)14-2-3-14/h4-7,9,12,14,17H,1-3,8,10,13H2,(H,28,32)(H,29,30)/t17?,22-/m1/s1. The number of hydrogen-bond donors (Lipinski definition) is 2. The van der Waals surface area contributed by atoms with E-state index in [2.05, 4.69) is 21.5 Å². The molecule has 0 amide bonds. The second-order valence-electron chi connectivity index (χ2n) is 8.61. The van der Waals surface area contributed by atoms with Gasteiger partial charge in [0, 0.05) is 18.5 Å². The molecule has 3 heterocycles. The third-order valence-corrected chi connectivity index (χ3v) is 6.50. The average Bonchev–Trinajstić information content (AvgIpc) is 3.36. The van der Waals surface area contributed by atoms with E-state index in [1.807, 2.05) is 0 Å². The van der Waals surface area contributed by atoms with Crippen LogP contribution in [0, 0.1) is 17.2 Å². The summed E-state index contributed by atoms with van der Waals surface area (Å²) < 4.78 is 48.2. The molecule has 7 nitrogen and oxygen atoms in total. The molecule has 1 aromatic carbocycles. The van der Waals surface area contributed by atoms with Gasteiger partial charge in [-0.05, 0) is 55.4 Å². The Morgan fingerprint density at radius 3 is 2.67 bits per heavy atom. The van der Waals surface area contributed by atoms with Crippen LogP contribution in [0.5, 0.6) is 0 Å². The fourth-order valence-electron chi connectivity index (χ4n) is 4.68. The Balaban J connectivity index is 1.50. The van der Waals surface area contributed by atoms with Crippen LogP contribution < -0.4 is 10.9 Å². The molecule has 1 aliphatic carbocycles. The van der Waals surface area contributed by atoms with Crippen LogP contribution in [0.3, 0.4) is 0 Å². The van der Waals surface area contributed by atoms with Crippen molar-refractivity contribution in [3.8, 4) is 6.07 Å². The van der Waals surface area contributed by atoms with Crippen LogP contribution in [-0.4, -0.2) is 27.5 Å². The Bertz CT molecular complexity index is 1260. The summed E-state index contributed by atoms with van der Waals surface area (Å²) in [5.41, 5.74) is -1.47. The molecule has 1 saturated carbocycles. The Morgan fingerprint density at radius 2 is 2.06 bits per heavy atom. The number of alkyl halides is 3. The first-order valence-corrected chi connectivity index (χ1v) is 10.9. The second-order valence-corrected chi connectivity index (χ2v) is 8.61. The molecule has 2 fully saturated rings. The summed E-state index contributed by atoms with van der Waals surface area (Å²) in [6.07, 6.45) is -0.461. The highest BCUT2D eigenvalue weighted by Crippen LogP contribution is 2.49. The SMILES string of the molecule is N#CCC(C1CC1)n1nc(Nc2ccc([C@@]3(C(F)(F)F)CCCO3)cc2)c2c(=O)[nH]ccc21. The van der Waals surface area contributed by atoms with E-state index in [9.17, 15) is 23.2 Å². The lowest BCUT2D eigenvalue weighted by Crippen LogP contribution is -2.41. The third kappa shape index (κ3) is 3.66. The molecule has 1 unspecified atom stereocenters. The van der Waals surface area contributed by atoms with E-state index in [1.165, 1.54) is 30.5 Å². The molecule has 1 aliphatic heterocycles. The van der Waals surface area contributed by atoms with Crippen LogP contribution in [0.25, 0.3) is 10.9 Å². The number of anilines is 2. The highest BCUT2D eigenvalue weighted by Gasteiger charge is 2.58. The van der Waals surface area contributed by atoms with E-state index >= 15 is 0 Å². The number of halogens is 3. The number of H-pyrrole nitrogens is 1. The molecule has 0 radical (unpaired) electrons. The number of ether oxygens (including phenoxy) is 1. The zero-order valence-corrected chi connectivity index (χ0v) is 17.7. The predicted octanol–water partition coefficient (Wildman–Crippen LogP) is 4.90. The van der Waals surface area contributed by atoms with Gasteiger partial charge in [0.15, 0.2) is 11.4 Å². The van der Waals surface area contributed by atoms with Gasteiger partial charge in [0.2, 0.25) is 0 Å². The van der Waals surface area contributed by atoms with E-state index in [1.54, 1.807) is 10.7 Å². The minimum absolute atomic E-state index is 0.0501. The van der Waals surface area contributed by atoms with Crippen LogP contribution in [0.2, 0.25) is 0 Å². The van der Waals surface area contributed by atoms with Gasteiger partial charge in [-0.1, -0.05) is 12.1 Å². The van der Waals surface area contributed by atoms with Crippen molar-refractivity contribution in [2.75, 3.05) is 11.9 Å². The van der Waals surface area contributed by atoms with Crippen molar-refractivity contribution in [2.24, 2.45) is 5.92 Å². The van der Waals surface area contributed by atoms with Gasteiger partial charge in [-0.3, -0.25) is 9.48 Å². The Kier molecular flexibility index (Phi) is 5.16. The maximum absolute atomic E-state index is 13.8. The number of aromatic amines is 1. The van der Waals surface area contributed by atoms with Crippen LogP contribution in [0.1, 0.15) is 43.7 Å². The van der Waals surface area contributed by atoms with Crippen molar-refractivity contribution in [1.29, 1.82) is 5.26 Å². The quantitative estimate of drug-likeness (QED) is 0.549. The molecule has 2 aromatic heterocycles. The summed E-state index contributed by atoms with van der Waals surface area (Å²) in [7, 11) is 0. The number of nitrogens with one attached hydrogen (secondary N) is 2. The van der Waals surface area contributed by atoms with Gasteiger partial charge in [-0.2, -0.15) is 23.5 Å². The fraction of sp³-hybridized carbons (Fsp3) is 0.435. The van der Waals surface area contributed by atoms with E-state index < -0.39 is 11.8 Å². The lowest BCUT2D eigenvalue weighted by Gasteiger charge is -2.31. The highest BCUT2D eigenvalue weighted by atomic mass is 19.4. The minimum atomic E-state index is -4.51. The number of hydrogen-bond acceptors (Lipinski definition) is 5. The first-order valence-electron chi connectivity index (χ1n) is 10.9. The Labute approximate surface area is 187 Å². The number of aromatic nitrogens is 3. The van der Waals surface area contributed by atoms with Gasteiger partial charge in [0.1, 0.15) is 5.39 Å². The van der Waals surface area contributed by atoms with E-state index in [4.69, 9.17) is 4.74 Å². The van der Waals surface area contributed by atoms with Crippen LogP contribution >= 0.6 is 0 Å². The number of rotatable bonds is 6. The summed E-state index contributed by atoms with van der Waals surface area (Å²) >= 11 is 0. The third-order valence-electron chi connectivity index (χ3n) is 6.50. The first-order chi connectivity index (χ1) is 15.8. The summed E-state index contributed by atoms with van der Waals surface area (Å²) in [5.74, 6) is 0.634. The molecule has 5 rings (SSSR count). The van der Waals surface area contributed by atoms with Crippen molar-refractivity contribution >= 4 is 22.4 Å². The lowest BCUT2D eigenvalue weighted by atomic mass is 9.90. The number of nitrogens with zero attached hydrogens (tertiary/aromatic N) is 3. The molecular weight excluding hydrogens is 435 g/mol. The van der Waals surface area contributed by atoms with Crippen LogP contribution in [0.4, 0.5) is 24.7 Å². The van der Waals surface area contributed by atoms with Crippen LogP contribution in [0.15, 0.2) is 41.3 Å². The Hall–Kier alpha value is -3.32. The number of nitriles is 1. The molecule has 2 N–H and O–H groups in total. The number of fused-ring (bicyclic) bond motifs is 1. The van der Waals surface area contributed by atoms with Crippen molar-refractivity contribution in [3.63, 3.8) is 0 Å². The molecule has 2 atom stereocenters. The largest absolute Gasteiger partial charge is 0.421 e. The second kappa shape index (κ2) is 7.92. The zero-order valence-electron chi connectivity index (χ0n) is 17.7. The van der Waals surface area contributed by atoms with Gasteiger partial charge >= 0.3 is 6.18 Å². The molecule has 1 saturated heterocycles. The molecule has 2 aliphatic rings. The normalized spacial score (nSPS) is 21.8. The summed E-state index contributed by atoms with van der Waals surface area (Å²) in [6, 6.07) is 9.66. The van der Waals surface area contributed by atoms with Crippen molar-refractivity contribution in [3.05, 3.63) is 52.4 Å². The van der Waals surface area contributed by atoms with E-state index in [0.717, 1.165) is 12.8 Å². The minimum Gasteiger partial charge on any atom is -0.361 e. The summed E-state index contributed by atoms with van der Waals surface area (Å²) in [6.45, 7) is 0.0660. The zero-order chi connectivity index (χ0) is 23.2. The summed E-state index contributed by atoms with van der Waals surface area (Å²) in [4.78, 5) is 15.2. The molecular formula is C23H22F3N5O2. The topological polar surface area (TPSA) is 95.7 Å². The monoisotopic (exact) mass is 457 g/mol.